The molecule has 1 aliphatic heterocycles. The van der Waals surface area contributed by atoms with Crippen molar-refractivity contribution < 1.29 is 14.3 Å². The smallest absolute Gasteiger partial charge is 0.227 e. The first-order valence-electron chi connectivity index (χ1n) is 6.26. The van der Waals surface area contributed by atoms with Gasteiger partial charge in [0.05, 0.1) is 19.1 Å². The number of carbonyl (C=O) groups excluding carboxylic acids is 1. The van der Waals surface area contributed by atoms with Gasteiger partial charge in [-0.25, -0.2) is 4.39 Å². The number of hydrogen-bond donors (Lipinski definition) is 1. The number of halogens is 1. The molecule has 2 rings (SSSR count). The van der Waals surface area contributed by atoms with Crippen molar-refractivity contribution in [2.24, 2.45) is 5.92 Å². The third kappa shape index (κ3) is 2.70. The molecule has 0 aliphatic carbocycles. The van der Waals surface area contributed by atoms with Gasteiger partial charge >= 0.3 is 0 Å². The van der Waals surface area contributed by atoms with Gasteiger partial charge in [-0.15, -0.1) is 0 Å². The summed E-state index contributed by atoms with van der Waals surface area (Å²) in [4.78, 5) is 13.9. The van der Waals surface area contributed by atoms with Crippen LogP contribution in [0.2, 0.25) is 0 Å². The molecule has 1 heterocycles. The van der Waals surface area contributed by atoms with Crippen LogP contribution in [0.4, 0.5) is 4.39 Å². The Kier molecular flexibility index (Phi) is 3.97. The number of rotatable bonds is 3. The number of likely N-dealkylation sites (tertiary alicyclic amines) is 1. The molecule has 2 unspecified atom stereocenters. The normalized spacial score (nSPS) is 23.4. The zero-order valence-electron chi connectivity index (χ0n) is 10.5. The molecule has 1 N–H and O–H groups in total. The van der Waals surface area contributed by atoms with Gasteiger partial charge in [-0.1, -0.05) is 19.1 Å². The molecule has 3 nitrogen and oxygen atoms in total. The first kappa shape index (κ1) is 13.0. The minimum atomic E-state index is -0.297. The predicted octanol–water partition coefficient (Wildman–Crippen LogP) is 1.60. The van der Waals surface area contributed by atoms with E-state index in [0.29, 0.717) is 12.5 Å². The van der Waals surface area contributed by atoms with E-state index in [1.807, 2.05) is 6.92 Å². The quantitative estimate of drug-likeness (QED) is 0.886. The van der Waals surface area contributed by atoms with Gasteiger partial charge in [-0.05, 0) is 30.0 Å². The first-order chi connectivity index (χ1) is 8.61. The second kappa shape index (κ2) is 5.48. The molecule has 0 saturated carbocycles. The molecular weight excluding hydrogens is 233 g/mol. The fourth-order valence-electron chi connectivity index (χ4n) is 2.47. The van der Waals surface area contributed by atoms with Gasteiger partial charge in [0.2, 0.25) is 5.91 Å². The van der Waals surface area contributed by atoms with Crippen molar-refractivity contribution in [2.75, 3.05) is 13.2 Å². The van der Waals surface area contributed by atoms with Gasteiger partial charge in [0.1, 0.15) is 5.82 Å². The van der Waals surface area contributed by atoms with Gasteiger partial charge in [-0.3, -0.25) is 4.79 Å². The van der Waals surface area contributed by atoms with Gasteiger partial charge in [-0.2, -0.15) is 0 Å². The van der Waals surface area contributed by atoms with E-state index in [9.17, 15) is 14.3 Å². The molecule has 1 fully saturated rings. The van der Waals surface area contributed by atoms with Gasteiger partial charge in [0.25, 0.3) is 0 Å². The molecule has 0 bridgehead atoms. The summed E-state index contributed by atoms with van der Waals surface area (Å²) in [5, 5.41) is 9.31. The molecule has 1 aromatic carbocycles. The Morgan fingerprint density at radius 1 is 1.44 bits per heavy atom. The van der Waals surface area contributed by atoms with Crippen LogP contribution in [0.15, 0.2) is 24.3 Å². The summed E-state index contributed by atoms with van der Waals surface area (Å²) >= 11 is 0. The molecule has 2 atom stereocenters. The highest BCUT2D eigenvalue weighted by Gasteiger charge is 2.33. The van der Waals surface area contributed by atoms with Crippen molar-refractivity contribution >= 4 is 5.91 Å². The summed E-state index contributed by atoms with van der Waals surface area (Å²) in [6.45, 7) is 2.76. The van der Waals surface area contributed by atoms with Crippen molar-refractivity contribution in [2.45, 2.75) is 25.8 Å². The summed E-state index contributed by atoms with van der Waals surface area (Å²) in [6, 6.07) is 5.90. The molecule has 0 aromatic heterocycles. The third-order valence-corrected chi connectivity index (χ3v) is 3.66. The minimum absolute atomic E-state index is 0.00464. The maximum absolute atomic E-state index is 12.8. The van der Waals surface area contributed by atoms with Gasteiger partial charge < -0.3 is 10.0 Å². The highest BCUT2D eigenvalue weighted by molar-refractivity contribution is 5.79. The average molecular weight is 251 g/mol. The highest BCUT2D eigenvalue weighted by Crippen LogP contribution is 2.24. The van der Waals surface area contributed by atoms with Crippen LogP contribution in [-0.2, 0) is 11.2 Å². The van der Waals surface area contributed by atoms with Crippen molar-refractivity contribution in [1.29, 1.82) is 0 Å². The highest BCUT2D eigenvalue weighted by atomic mass is 19.1. The molecule has 1 aliphatic rings. The minimum Gasteiger partial charge on any atom is -0.394 e. The van der Waals surface area contributed by atoms with Crippen molar-refractivity contribution in [3.05, 3.63) is 35.6 Å². The maximum Gasteiger partial charge on any atom is 0.227 e. The van der Waals surface area contributed by atoms with Crippen LogP contribution in [-0.4, -0.2) is 35.1 Å². The lowest BCUT2D eigenvalue weighted by atomic mass is 10.0. The molecule has 1 saturated heterocycles. The topological polar surface area (TPSA) is 40.5 Å². The number of amides is 1. The lowest BCUT2D eigenvalue weighted by Crippen LogP contribution is -2.40. The molecule has 0 spiro atoms. The predicted molar refractivity (Wildman–Crippen MR) is 66.5 cm³/mol. The summed E-state index contributed by atoms with van der Waals surface area (Å²) in [7, 11) is 0. The Morgan fingerprint density at radius 3 is 2.72 bits per heavy atom. The summed E-state index contributed by atoms with van der Waals surface area (Å²) in [5.41, 5.74) is 0.803. The third-order valence-electron chi connectivity index (χ3n) is 3.66. The van der Waals surface area contributed by atoms with E-state index in [-0.39, 0.29) is 30.8 Å². The number of aliphatic hydroxyl groups is 1. The van der Waals surface area contributed by atoms with Crippen molar-refractivity contribution in [3.8, 4) is 0 Å². The molecule has 18 heavy (non-hydrogen) atoms. The molecule has 4 heteroatoms. The number of benzene rings is 1. The van der Waals surface area contributed by atoms with E-state index in [4.69, 9.17) is 0 Å². The summed E-state index contributed by atoms with van der Waals surface area (Å²) < 4.78 is 12.8. The van der Waals surface area contributed by atoms with Crippen LogP contribution in [0.3, 0.4) is 0 Å². The second-order valence-corrected chi connectivity index (χ2v) is 4.91. The first-order valence-corrected chi connectivity index (χ1v) is 6.26. The fraction of sp³-hybridized carbons (Fsp3) is 0.500. The van der Waals surface area contributed by atoms with Gasteiger partial charge in [0, 0.05) is 6.54 Å². The summed E-state index contributed by atoms with van der Waals surface area (Å²) in [5.74, 6) is 0.0476. The Bertz CT molecular complexity index is 418. The molecular formula is C14H18FNO2. The van der Waals surface area contributed by atoms with E-state index in [1.54, 1.807) is 17.0 Å². The summed E-state index contributed by atoms with van der Waals surface area (Å²) in [6.07, 6.45) is 1.20. The maximum atomic E-state index is 12.8. The Morgan fingerprint density at radius 2 is 2.11 bits per heavy atom. The second-order valence-electron chi connectivity index (χ2n) is 4.91. The Balaban J connectivity index is 2.01. The van der Waals surface area contributed by atoms with Crippen LogP contribution in [0, 0.1) is 11.7 Å². The number of aliphatic hydroxyl groups excluding tert-OH is 1. The Labute approximate surface area is 106 Å². The van der Waals surface area contributed by atoms with Crippen LogP contribution in [0.5, 0.6) is 0 Å². The molecule has 1 amide bonds. The van der Waals surface area contributed by atoms with Crippen LogP contribution in [0.1, 0.15) is 18.9 Å². The average Bonchev–Trinajstić information content (AvgIpc) is 2.73. The van der Waals surface area contributed by atoms with E-state index < -0.39 is 0 Å². The zero-order valence-corrected chi connectivity index (χ0v) is 10.5. The lowest BCUT2D eigenvalue weighted by molar-refractivity contribution is -0.132. The van der Waals surface area contributed by atoms with Crippen LogP contribution >= 0.6 is 0 Å². The fourth-order valence-corrected chi connectivity index (χ4v) is 2.47. The SMILES string of the molecule is CC1CCN(C(=O)Cc2ccc(F)cc2)C1CO. The van der Waals surface area contributed by atoms with E-state index in [0.717, 1.165) is 12.0 Å². The van der Waals surface area contributed by atoms with Crippen molar-refractivity contribution in [1.82, 2.24) is 4.90 Å². The monoisotopic (exact) mass is 251 g/mol. The van der Waals surface area contributed by atoms with Crippen LogP contribution < -0.4 is 0 Å². The lowest BCUT2D eigenvalue weighted by Gasteiger charge is -2.25. The number of nitrogens with zero attached hydrogens (tertiary/aromatic N) is 1. The van der Waals surface area contributed by atoms with Crippen molar-refractivity contribution in [3.63, 3.8) is 0 Å². The Hall–Kier alpha value is -1.42. The largest absolute Gasteiger partial charge is 0.394 e. The molecule has 98 valence electrons. The number of carbonyl (C=O) groups is 1. The van der Waals surface area contributed by atoms with E-state index >= 15 is 0 Å². The standard InChI is InChI=1S/C14H18FNO2/c1-10-6-7-16(13(10)9-17)14(18)8-11-2-4-12(15)5-3-11/h2-5,10,13,17H,6-9H2,1H3. The van der Waals surface area contributed by atoms with Crippen LogP contribution in [0.25, 0.3) is 0 Å². The van der Waals surface area contributed by atoms with E-state index in [2.05, 4.69) is 0 Å². The molecule has 1 aromatic rings. The molecule has 0 radical (unpaired) electrons. The van der Waals surface area contributed by atoms with Gasteiger partial charge in [0.15, 0.2) is 0 Å². The van der Waals surface area contributed by atoms with E-state index in [1.165, 1.54) is 12.1 Å². The number of hydrogen-bond acceptors (Lipinski definition) is 2. The zero-order chi connectivity index (χ0) is 13.1.